The molecule has 4 unspecified atom stereocenters. The first kappa shape index (κ1) is 15.9. The lowest BCUT2D eigenvalue weighted by Crippen LogP contribution is -2.54. The van der Waals surface area contributed by atoms with Gasteiger partial charge in [0, 0.05) is 45.4 Å². The number of carbonyl (C=O) groups is 1. The molecule has 5 heteroatoms. The van der Waals surface area contributed by atoms with Crippen molar-refractivity contribution in [3.8, 4) is 0 Å². The Kier molecular flexibility index (Phi) is 4.88. The monoisotopic (exact) mass is 321 g/mol. The lowest BCUT2D eigenvalue weighted by molar-refractivity contribution is -0.135. The summed E-state index contributed by atoms with van der Waals surface area (Å²) in [5.41, 5.74) is 0. The van der Waals surface area contributed by atoms with E-state index in [1.165, 1.54) is 32.1 Å². The van der Waals surface area contributed by atoms with Gasteiger partial charge in [-0.2, -0.15) is 0 Å². The van der Waals surface area contributed by atoms with E-state index in [0.29, 0.717) is 17.9 Å². The summed E-state index contributed by atoms with van der Waals surface area (Å²) < 4.78 is 5.47. The van der Waals surface area contributed by atoms with Crippen LogP contribution in [0.3, 0.4) is 0 Å². The minimum absolute atomic E-state index is 0.0953. The van der Waals surface area contributed by atoms with Crippen molar-refractivity contribution in [2.75, 3.05) is 45.9 Å². The van der Waals surface area contributed by atoms with E-state index in [9.17, 15) is 4.79 Å². The van der Waals surface area contributed by atoms with Crippen molar-refractivity contribution in [1.82, 2.24) is 15.1 Å². The quantitative estimate of drug-likeness (QED) is 0.845. The van der Waals surface area contributed by atoms with Crippen molar-refractivity contribution >= 4 is 5.91 Å². The molecule has 0 aromatic rings. The summed E-state index contributed by atoms with van der Waals surface area (Å²) >= 11 is 0. The largest absolute Gasteiger partial charge is 0.381 e. The van der Waals surface area contributed by atoms with Crippen LogP contribution in [0.5, 0.6) is 0 Å². The van der Waals surface area contributed by atoms with Crippen molar-refractivity contribution in [3.05, 3.63) is 0 Å². The van der Waals surface area contributed by atoms with Crippen LogP contribution < -0.4 is 5.32 Å². The fraction of sp³-hybridized carbons (Fsp3) is 0.944. The zero-order chi connectivity index (χ0) is 15.6. The molecule has 0 aromatic carbocycles. The number of amides is 1. The summed E-state index contributed by atoms with van der Waals surface area (Å²) in [4.78, 5) is 17.4. The lowest BCUT2D eigenvalue weighted by Gasteiger charge is -2.36. The van der Waals surface area contributed by atoms with Gasteiger partial charge in [-0.3, -0.25) is 9.69 Å². The summed E-state index contributed by atoms with van der Waals surface area (Å²) in [7, 11) is 0. The van der Waals surface area contributed by atoms with E-state index in [2.05, 4.69) is 15.1 Å². The van der Waals surface area contributed by atoms with Gasteiger partial charge in [-0.05, 0) is 37.5 Å². The van der Waals surface area contributed by atoms with Gasteiger partial charge < -0.3 is 15.0 Å². The molecule has 3 heterocycles. The summed E-state index contributed by atoms with van der Waals surface area (Å²) in [5.74, 6) is 1.82. The van der Waals surface area contributed by atoms with Crippen LogP contribution in [0.2, 0.25) is 0 Å². The van der Waals surface area contributed by atoms with E-state index < -0.39 is 0 Å². The second-order valence-electron chi connectivity index (χ2n) is 7.96. The maximum absolute atomic E-state index is 12.8. The first-order valence-corrected chi connectivity index (χ1v) is 9.64. The Bertz CT molecular complexity index is 402. The van der Waals surface area contributed by atoms with Gasteiger partial charge in [-0.25, -0.2) is 0 Å². The smallest absolute Gasteiger partial charge is 0.239 e. The number of fused-ring (bicyclic) bond motifs is 1. The van der Waals surface area contributed by atoms with Gasteiger partial charge in [-0.1, -0.05) is 12.8 Å². The number of hydrogen-bond donors (Lipinski definition) is 1. The molecule has 4 rings (SSSR count). The molecule has 4 aliphatic rings. The van der Waals surface area contributed by atoms with Crippen LogP contribution >= 0.6 is 0 Å². The van der Waals surface area contributed by atoms with Crippen LogP contribution in [0, 0.1) is 11.8 Å². The van der Waals surface area contributed by atoms with Crippen LogP contribution in [0.1, 0.15) is 38.5 Å². The van der Waals surface area contributed by atoms with Gasteiger partial charge >= 0.3 is 0 Å². The highest BCUT2D eigenvalue weighted by atomic mass is 16.5. The Labute approximate surface area is 139 Å². The maximum Gasteiger partial charge on any atom is 0.239 e. The van der Waals surface area contributed by atoms with Crippen molar-refractivity contribution < 1.29 is 9.53 Å². The second-order valence-corrected chi connectivity index (χ2v) is 7.96. The van der Waals surface area contributed by atoms with Crippen molar-refractivity contribution in [1.29, 1.82) is 0 Å². The topological polar surface area (TPSA) is 44.8 Å². The fourth-order valence-electron chi connectivity index (χ4n) is 4.97. The Morgan fingerprint density at radius 3 is 2.65 bits per heavy atom. The molecular formula is C18H31N3O2. The summed E-state index contributed by atoms with van der Waals surface area (Å²) in [5, 5.41) is 3.64. The van der Waals surface area contributed by atoms with E-state index in [4.69, 9.17) is 4.74 Å². The first-order chi connectivity index (χ1) is 11.3. The third-order valence-electron chi connectivity index (χ3n) is 6.39. The van der Waals surface area contributed by atoms with E-state index in [0.717, 1.165) is 58.3 Å². The van der Waals surface area contributed by atoms with E-state index in [-0.39, 0.29) is 6.04 Å². The standard InChI is InChI=1S/C18H31N3O2/c22-18(17-11-15-3-1-2-4-16(15)19-17)21-8-6-20(7-9-21)12-14-5-10-23-13-14/h14-17,19H,1-13H2. The van der Waals surface area contributed by atoms with Gasteiger partial charge in [0.15, 0.2) is 0 Å². The van der Waals surface area contributed by atoms with Gasteiger partial charge in [0.1, 0.15) is 0 Å². The Balaban J connectivity index is 1.24. The second kappa shape index (κ2) is 7.08. The highest BCUT2D eigenvalue weighted by Gasteiger charge is 2.40. The van der Waals surface area contributed by atoms with Crippen molar-refractivity contribution in [2.45, 2.75) is 50.6 Å². The molecule has 3 saturated heterocycles. The summed E-state index contributed by atoms with van der Waals surface area (Å²) in [6.45, 7) is 6.87. The zero-order valence-electron chi connectivity index (χ0n) is 14.2. The maximum atomic E-state index is 12.8. The molecule has 5 nitrogen and oxygen atoms in total. The van der Waals surface area contributed by atoms with Gasteiger partial charge in [0.25, 0.3) is 0 Å². The van der Waals surface area contributed by atoms with Gasteiger partial charge in [0.05, 0.1) is 12.6 Å². The third kappa shape index (κ3) is 3.57. The van der Waals surface area contributed by atoms with Crippen LogP contribution in [0.15, 0.2) is 0 Å². The SMILES string of the molecule is O=C(C1CC2CCCCC2N1)N1CCN(CC2CCOC2)CC1. The molecule has 0 spiro atoms. The molecular weight excluding hydrogens is 290 g/mol. The first-order valence-electron chi connectivity index (χ1n) is 9.64. The number of rotatable bonds is 3. The Hall–Kier alpha value is -0.650. The summed E-state index contributed by atoms with van der Waals surface area (Å²) in [6, 6.07) is 0.708. The van der Waals surface area contributed by atoms with Gasteiger partial charge in [-0.15, -0.1) is 0 Å². The van der Waals surface area contributed by atoms with E-state index in [1.54, 1.807) is 0 Å². The molecule has 0 radical (unpaired) electrons. The van der Waals surface area contributed by atoms with Crippen molar-refractivity contribution in [2.24, 2.45) is 11.8 Å². The molecule has 3 aliphatic heterocycles. The number of piperazine rings is 1. The number of hydrogen-bond acceptors (Lipinski definition) is 4. The number of nitrogens with zero attached hydrogens (tertiary/aromatic N) is 2. The Morgan fingerprint density at radius 1 is 1.09 bits per heavy atom. The lowest BCUT2D eigenvalue weighted by atomic mass is 9.85. The minimum atomic E-state index is 0.0953. The molecule has 23 heavy (non-hydrogen) atoms. The highest BCUT2D eigenvalue weighted by Crippen LogP contribution is 2.33. The molecule has 0 aromatic heterocycles. The van der Waals surface area contributed by atoms with Gasteiger partial charge in [0.2, 0.25) is 5.91 Å². The third-order valence-corrected chi connectivity index (χ3v) is 6.39. The molecule has 4 fully saturated rings. The van der Waals surface area contributed by atoms with E-state index >= 15 is 0 Å². The average Bonchev–Trinajstić information content (AvgIpc) is 3.24. The van der Waals surface area contributed by atoms with Crippen LogP contribution in [0.25, 0.3) is 0 Å². The normalized spacial score (nSPS) is 38.7. The molecule has 0 bridgehead atoms. The highest BCUT2D eigenvalue weighted by molar-refractivity contribution is 5.82. The summed E-state index contributed by atoms with van der Waals surface area (Å²) in [6.07, 6.45) is 7.55. The molecule has 1 saturated carbocycles. The molecule has 130 valence electrons. The average molecular weight is 321 g/mol. The van der Waals surface area contributed by atoms with Crippen LogP contribution in [-0.4, -0.2) is 73.7 Å². The molecule has 4 atom stereocenters. The minimum Gasteiger partial charge on any atom is -0.381 e. The molecule has 1 N–H and O–H groups in total. The zero-order valence-corrected chi connectivity index (χ0v) is 14.2. The number of nitrogens with one attached hydrogen (secondary N) is 1. The number of ether oxygens (including phenoxy) is 1. The van der Waals surface area contributed by atoms with Crippen molar-refractivity contribution in [3.63, 3.8) is 0 Å². The van der Waals surface area contributed by atoms with Crippen LogP contribution in [-0.2, 0) is 9.53 Å². The Morgan fingerprint density at radius 2 is 1.91 bits per heavy atom. The molecule has 1 aliphatic carbocycles. The van der Waals surface area contributed by atoms with Crippen LogP contribution in [0.4, 0.5) is 0 Å². The van der Waals surface area contributed by atoms with E-state index in [1.807, 2.05) is 0 Å². The fourth-order valence-corrected chi connectivity index (χ4v) is 4.97. The predicted octanol–water partition coefficient (Wildman–Crippen LogP) is 1.09. The number of carbonyl (C=O) groups excluding carboxylic acids is 1. The predicted molar refractivity (Wildman–Crippen MR) is 89.2 cm³/mol. The molecule has 1 amide bonds.